The Morgan fingerprint density at radius 2 is 2.09 bits per heavy atom. The number of Topliss-reactive ketones (excluding diaryl/α,β-unsaturated/α-hetero) is 1. The minimum Gasteiger partial charge on any atom is -0.391 e. The molecule has 4 rings (SSSR count). The SMILES string of the molecule is CCN(CC1CCC2(CC1)COC2)c1ncnc(NC[C@H]2CCN(CC(C)=O)C[C@@H]2O)c1F. The summed E-state index contributed by atoms with van der Waals surface area (Å²) in [6.45, 7) is 8.88. The Morgan fingerprint density at radius 1 is 1.33 bits per heavy atom. The molecule has 1 aromatic rings. The Labute approximate surface area is 195 Å². The molecule has 3 fully saturated rings. The number of aliphatic hydroxyl groups is 1. The van der Waals surface area contributed by atoms with E-state index < -0.39 is 11.9 Å². The molecular weight excluding hydrogens is 425 g/mol. The molecule has 1 aliphatic carbocycles. The van der Waals surface area contributed by atoms with Crippen LogP contribution in [0.25, 0.3) is 0 Å². The first kappa shape index (κ1) is 24.3. The van der Waals surface area contributed by atoms with E-state index >= 15 is 4.39 Å². The third-order valence-electron chi connectivity index (χ3n) is 7.70. The molecule has 0 unspecified atom stereocenters. The average molecular weight is 464 g/mol. The van der Waals surface area contributed by atoms with E-state index in [1.165, 1.54) is 19.2 Å². The third kappa shape index (κ3) is 5.81. The zero-order valence-corrected chi connectivity index (χ0v) is 19.9. The fourth-order valence-electron chi connectivity index (χ4n) is 5.50. The molecule has 3 aliphatic rings. The van der Waals surface area contributed by atoms with Gasteiger partial charge in [0.2, 0.25) is 5.82 Å². The highest BCUT2D eigenvalue weighted by Gasteiger charge is 2.41. The third-order valence-corrected chi connectivity index (χ3v) is 7.70. The zero-order chi connectivity index (χ0) is 23.4. The van der Waals surface area contributed by atoms with Gasteiger partial charge in [-0.15, -0.1) is 0 Å². The van der Waals surface area contributed by atoms with E-state index in [0.29, 0.717) is 43.3 Å². The Morgan fingerprint density at radius 3 is 2.70 bits per heavy atom. The monoisotopic (exact) mass is 463 g/mol. The van der Waals surface area contributed by atoms with Crippen LogP contribution in [0.4, 0.5) is 16.0 Å². The maximum Gasteiger partial charge on any atom is 0.207 e. The predicted octanol–water partition coefficient (Wildman–Crippen LogP) is 2.33. The van der Waals surface area contributed by atoms with Crippen LogP contribution in [-0.2, 0) is 9.53 Å². The van der Waals surface area contributed by atoms with Gasteiger partial charge < -0.3 is 20.1 Å². The summed E-state index contributed by atoms with van der Waals surface area (Å²) in [6.07, 6.45) is 6.30. The van der Waals surface area contributed by atoms with Gasteiger partial charge in [0.15, 0.2) is 11.6 Å². The molecule has 2 aliphatic heterocycles. The van der Waals surface area contributed by atoms with Crippen molar-refractivity contribution in [1.29, 1.82) is 0 Å². The summed E-state index contributed by atoms with van der Waals surface area (Å²) in [5, 5.41) is 13.6. The zero-order valence-electron chi connectivity index (χ0n) is 19.9. The summed E-state index contributed by atoms with van der Waals surface area (Å²) in [5.74, 6) is 0.725. The molecule has 2 N–H and O–H groups in total. The van der Waals surface area contributed by atoms with Crippen LogP contribution in [0.3, 0.4) is 0 Å². The van der Waals surface area contributed by atoms with Crippen molar-refractivity contribution in [2.24, 2.45) is 17.3 Å². The number of carbonyl (C=O) groups is 1. The summed E-state index contributed by atoms with van der Waals surface area (Å²) in [6, 6.07) is 0. The van der Waals surface area contributed by atoms with Crippen molar-refractivity contribution < 1.29 is 19.0 Å². The number of nitrogens with one attached hydrogen (secondary N) is 1. The first-order valence-electron chi connectivity index (χ1n) is 12.4. The lowest BCUT2D eigenvalue weighted by Crippen LogP contribution is -2.47. The van der Waals surface area contributed by atoms with Gasteiger partial charge >= 0.3 is 0 Å². The normalized spacial score (nSPS) is 25.6. The molecule has 1 aromatic heterocycles. The van der Waals surface area contributed by atoms with Gasteiger partial charge in [-0.3, -0.25) is 9.69 Å². The van der Waals surface area contributed by atoms with Crippen LogP contribution in [-0.4, -0.2) is 84.3 Å². The van der Waals surface area contributed by atoms with Crippen molar-refractivity contribution in [3.05, 3.63) is 12.1 Å². The van der Waals surface area contributed by atoms with Gasteiger partial charge in [0, 0.05) is 37.5 Å². The van der Waals surface area contributed by atoms with Crippen LogP contribution < -0.4 is 10.2 Å². The Hall–Kier alpha value is -1.84. The van der Waals surface area contributed by atoms with Crippen LogP contribution >= 0.6 is 0 Å². The standard InChI is InChI=1S/C24H38FN5O3/c1-3-30(12-18-4-7-24(8-5-18)14-33-15-24)23-21(25)22(27-16-28-23)26-10-19-6-9-29(11-17(2)31)13-20(19)32/h16,18-20,32H,3-15H2,1-2H3,(H,26,27,28)/t19-,20+/m1/s1. The van der Waals surface area contributed by atoms with Crippen LogP contribution in [0.1, 0.15) is 46.0 Å². The summed E-state index contributed by atoms with van der Waals surface area (Å²) in [4.78, 5) is 23.7. The number of nitrogens with zero attached hydrogens (tertiary/aromatic N) is 4. The molecule has 1 spiro atoms. The number of aromatic nitrogens is 2. The molecule has 2 saturated heterocycles. The second kappa shape index (κ2) is 10.6. The number of β-amino-alcohol motifs (C(OH)–C–C–N with tert-alkyl or cyclic N) is 1. The Kier molecular flexibility index (Phi) is 7.81. The lowest BCUT2D eigenvalue weighted by Gasteiger charge is -2.46. The van der Waals surface area contributed by atoms with Crippen molar-refractivity contribution in [3.63, 3.8) is 0 Å². The smallest absolute Gasteiger partial charge is 0.207 e. The molecule has 0 aromatic carbocycles. The molecule has 0 radical (unpaired) electrons. The Balaban J connectivity index is 1.32. The van der Waals surface area contributed by atoms with Crippen LogP contribution in [0, 0.1) is 23.1 Å². The largest absolute Gasteiger partial charge is 0.391 e. The molecule has 8 nitrogen and oxygen atoms in total. The summed E-state index contributed by atoms with van der Waals surface area (Å²) >= 11 is 0. The summed E-state index contributed by atoms with van der Waals surface area (Å²) in [7, 11) is 0. The van der Waals surface area contributed by atoms with Crippen LogP contribution in [0.2, 0.25) is 0 Å². The average Bonchev–Trinajstić information content (AvgIpc) is 2.77. The maximum atomic E-state index is 15.4. The van der Waals surface area contributed by atoms with E-state index in [-0.39, 0.29) is 17.5 Å². The lowest BCUT2D eigenvalue weighted by molar-refractivity contribution is -0.135. The number of ketones is 1. The van der Waals surface area contributed by atoms with E-state index in [0.717, 1.165) is 45.6 Å². The number of hydrogen-bond donors (Lipinski definition) is 2. The van der Waals surface area contributed by atoms with Gasteiger partial charge in [0.05, 0.1) is 25.9 Å². The number of ether oxygens (including phenoxy) is 1. The van der Waals surface area contributed by atoms with Gasteiger partial charge in [-0.05, 0) is 58.4 Å². The highest BCUT2D eigenvalue weighted by Crippen LogP contribution is 2.44. The molecule has 9 heteroatoms. The number of anilines is 2. The van der Waals surface area contributed by atoms with E-state index in [1.807, 2.05) is 16.7 Å². The summed E-state index contributed by atoms with van der Waals surface area (Å²) in [5.41, 5.74) is 0.414. The second-order valence-corrected chi connectivity index (χ2v) is 10.3. The molecule has 1 saturated carbocycles. The minimum atomic E-state index is -0.558. The molecule has 33 heavy (non-hydrogen) atoms. The highest BCUT2D eigenvalue weighted by molar-refractivity contribution is 5.77. The number of likely N-dealkylation sites (tertiary alicyclic amines) is 1. The lowest BCUT2D eigenvalue weighted by atomic mass is 9.69. The summed E-state index contributed by atoms with van der Waals surface area (Å²) < 4.78 is 20.8. The minimum absolute atomic E-state index is 0.0154. The fraction of sp³-hybridized carbons (Fsp3) is 0.792. The number of rotatable bonds is 9. The number of piperidine rings is 1. The van der Waals surface area contributed by atoms with Crippen molar-refractivity contribution in [2.75, 3.05) is 62.7 Å². The van der Waals surface area contributed by atoms with Crippen LogP contribution in [0.5, 0.6) is 0 Å². The maximum absolute atomic E-state index is 15.4. The fourth-order valence-corrected chi connectivity index (χ4v) is 5.50. The van der Waals surface area contributed by atoms with Gasteiger partial charge in [0.1, 0.15) is 12.1 Å². The molecular formula is C24H38FN5O3. The molecule has 0 bridgehead atoms. The topological polar surface area (TPSA) is 90.8 Å². The molecule has 0 amide bonds. The van der Waals surface area contributed by atoms with Gasteiger partial charge in [-0.1, -0.05) is 0 Å². The number of aliphatic hydroxyl groups excluding tert-OH is 1. The first-order chi connectivity index (χ1) is 15.9. The number of hydrogen-bond acceptors (Lipinski definition) is 8. The first-order valence-corrected chi connectivity index (χ1v) is 12.4. The quantitative estimate of drug-likeness (QED) is 0.577. The van der Waals surface area contributed by atoms with E-state index in [9.17, 15) is 9.90 Å². The van der Waals surface area contributed by atoms with E-state index in [1.54, 1.807) is 6.92 Å². The van der Waals surface area contributed by atoms with Crippen molar-refractivity contribution >= 4 is 17.4 Å². The number of carbonyl (C=O) groups excluding carboxylic acids is 1. The Bertz CT molecular complexity index is 811. The van der Waals surface area contributed by atoms with E-state index in [4.69, 9.17) is 4.74 Å². The highest BCUT2D eigenvalue weighted by atomic mass is 19.1. The molecule has 2 atom stereocenters. The van der Waals surface area contributed by atoms with Gasteiger partial charge in [0.25, 0.3) is 0 Å². The second-order valence-electron chi connectivity index (χ2n) is 10.3. The van der Waals surface area contributed by atoms with E-state index in [2.05, 4.69) is 15.3 Å². The molecule has 184 valence electrons. The van der Waals surface area contributed by atoms with Gasteiger partial charge in [-0.2, -0.15) is 4.39 Å². The van der Waals surface area contributed by atoms with Crippen molar-refractivity contribution in [3.8, 4) is 0 Å². The number of halogens is 1. The molecule has 3 heterocycles. The van der Waals surface area contributed by atoms with Gasteiger partial charge in [-0.25, -0.2) is 9.97 Å². The predicted molar refractivity (Wildman–Crippen MR) is 125 cm³/mol. The van der Waals surface area contributed by atoms with Crippen molar-refractivity contribution in [1.82, 2.24) is 14.9 Å². The van der Waals surface area contributed by atoms with Crippen molar-refractivity contribution in [2.45, 2.75) is 52.1 Å². The van der Waals surface area contributed by atoms with Crippen LogP contribution in [0.15, 0.2) is 6.33 Å².